The van der Waals surface area contributed by atoms with Gasteiger partial charge in [0.15, 0.2) is 0 Å². The molecule has 0 nitrogen and oxygen atoms in total. The predicted molar refractivity (Wildman–Crippen MR) is 125 cm³/mol. The van der Waals surface area contributed by atoms with E-state index in [1.54, 1.807) is 42.2 Å². The van der Waals surface area contributed by atoms with E-state index < -0.39 is 0 Å². The summed E-state index contributed by atoms with van der Waals surface area (Å²) >= 11 is -0.116. The van der Waals surface area contributed by atoms with Crippen molar-refractivity contribution in [1.82, 2.24) is 0 Å². The summed E-state index contributed by atoms with van der Waals surface area (Å²) in [6.45, 7) is 9.44. The summed E-state index contributed by atoms with van der Waals surface area (Å²) in [5, 5.41) is 0. The fraction of sp³-hybridized carbons (Fsp3) is 0.214. The molecule has 0 aromatic heterocycles. The fourth-order valence-electron chi connectivity index (χ4n) is 5.68. The van der Waals surface area contributed by atoms with Gasteiger partial charge in [0.2, 0.25) is 0 Å². The molecule has 1 atom stereocenters. The molecule has 3 aliphatic rings. The molecule has 6 rings (SSSR count). The Morgan fingerprint density at radius 2 is 1.66 bits per heavy atom. The van der Waals surface area contributed by atoms with Crippen molar-refractivity contribution in [2.75, 3.05) is 0 Å². The first kappa shape index (κ1) is 17.5. The van der Waals surface area contributed by atoms with E-state index in [0.29, 0.717) is 5.92 Å². The third kappa shape index (κ3) is 2.27. The molecule has 0 amide bonds. The van der Waals surface area contributed by atoms with Crippen LogP contribution in [0.25, 0.3) is 21.6 Å². The van der Waals surface area contributed by atoms with Gasteiger partial charge in [-0.05, 0) is 0 Å². The Balaban J connectivity index is 1.58. The van der Waals surface area contributed by atoms with Gasteiger partial charge >= 0.3 is 180 Å². The van der Waals surface area contributed by atoms with Crippen molar-refractivity contribution >= 4 is 30.3 Å². The third-order valence-electron chi connectivity index (χ3n) is 7.26. The third-order valence-corrected chi connectivity index (χ3v) is 10.8. The van der Waals surface area contributed by atoms with Crippen molar-refractivity contribution in [3.63, 3.8) is 0 Å². The van der Waals surface area contributed by atoms with Gasteiger partial charge in [-0.1, -0.05) is 0 Å². The first-order valence-corrected chi connectivity index (χ1v) is 12.7. The van der Waals surface area contributed by atoms with Crippen molar-refractivity contribution in [2.45, 2.75) is 40.0 Å². The number of allylic oxidation sites excluding steroid dienone is 2. The molecule has 1 heterocycles. The zero-order valence-electron chi connectivity index (χ0n) is 17.5. The summed E-state index contributed by atoms with van der Waals surface area (Å²) in [5.74, 6) is 0.430. The molecule has 0 spiro atoms. The zero-order valence-corrected chi connectivity index (χ0v) is 19.6. The molecule has 1 aliphatic heterocycles. The van der Waals surface area contributed by atoms with Crippen LogP contribution in [0.4, 0.5) is 0 Å². The second-order valence-corrected chi connectivity index (χ2v) is 11.5. The van der Waals surface area contributed by atoms with Crippen LogP contribution in [0.2, 0.25) is 0 Å². The Bertz CT molecular complexity index is 1270. The molecule has 2 aliphatic carbocycles. The molecule has 1 unspecified atom stereocenters. The van der Waals surface area contributed by atoms with E-state index in [9.17, 15) is 0 Å². The summed E-state index contributed by atoms with van der Waals surface area (Å²) in [5.41, 5.74) is 16.8. The van der Waals surface area contributed by atoms with Crippen molar-refractivity contribution in [2.24, 2.45) is 0 Å². The molecular weight excluding hydrogens is 409 g/mol. The number of benzene rings is 3. The SMILES string of the molecule is CC1=Cc2c(-c3ccccc3)cccc2C1c1c(C)c(C)c2c3[c]1[Ge][C]3=C(C)C2. The summed E-state index contributed by atoms with van der Waals surface area (Å²) < 4.78 is 3.52. The molecular formula is C28H24Ge. The zero-order chi connectivity index (χ0) is 19.9. The van der Waals surface area contributed by atoms with Gasteiger partial charge in [-0.2, -0.15) is 0 Å². The first-order valence-electron chi connectivity index (χ1n) is 10.6. The van der Waals surface area contributed by atoms with E-state index in [1.807, 2.05) is 0 Å². The molecule has 3 aromatic rings. The Kier molecular flexibility index (Phi) is 3.68. The van der Waals surface area contributed by atoms with E-state index in [2.05, 4.69) is 82.3 Å². The standard InChI is InChI=1S/C28H24Ge/c1-15-13-23-20(19-9-6-5-7-10-19)11-8-12-21(23)24(15)25-18(4)17(3)22-14-16(2)27-26(22)28(25)29-27/h5-13,24H,14H2,1-4H3. The Hall–Kier alpha value is -2.32. The van der Waals surface area contributed by atoms with E-state index in [-0.39, 0.29) is 15.4 Å². The number of fused-ring (bicyclic) bond motifs is 1. The normalized spacial score (nSPS) is 18.5. The van der Waals surface area contributed by atoms with E-state index in [1.165, 1.54) is 34.2 Å². The number of hydrogen-bond donors (Lipinski definition) is 0. The summed E-state index contributed by atoms with van der Waals surface area (Å²) in [7, 11) is 0. The molecule has 1 heteroatoms. The van der Waals surface area contributed by atoms with Crippen LogP contribution in [0, 0.1) is 13.8 Å². The predicted octanol–water partition coefficient (Wildman–Crippen LogP) is 6.15. The Morgan fingerprint density at radius 3 is 2.45 bits per heavy atom. The van der Waals surface area contributed by atoms with Crippen molar-refractivity contribution in [3.8, 4) is 11.1 Å². The van der Waals surface area contributed by atoms with Gasteiger partial charge in [-0.15, -0.1) is 0 Å². The summed E-state index contributed by atoms with van der Waals surface area (Å²) in [6.07, 6.45) is 3.65. The maximum absolute atomic E-state index is 2.46. The number of rotatable bonds is 2. The van der Waals surface area contributed by atoms with Crippen molar-refractivity contribution in [1.29, 1.82) is 0 Å². The average molecular weight is 433 g/mol. The van der Waals surface area contributed by atoms with E-state index >= 15 is 0 Å². The fourth-order valence-corrected chi connectivity index (χ4v) is 9.11. The van der Waals surface area contributed by atoms with Crippen LogP contribution in [0.15, 0.2) is 59.7 Å². The average Bonchev–Trinajstić information content (AvgIpc) is 3.18. The monoisotopic (exact) mass is 434 g/mol. The minimum absolute atomic E-state index is 0.116. The van der Waals surface area contributed by atoms with Gasteiger partial charge in [-0.3, -0.25) is 0 Å². The van der Waals surface area contributed by atoms with Crippen LogP contribution in [-0.4, -0.2) is 15.4 Å². The van der Waals surface area contributed by atoms with Gasteiger partial charge in [0.1, 0.15) is 0 Å². The van der Waals surface area contributed by atoms with E-state index in [4.69, 9.17) is 0 Å². The first-order chi connectivity index (χ1) is 14.1. The van der Waals surface area contributed by atoms with Gasteiger partial charge in [-0.25, -0.2) is 0 Å². The van der Waals surface area contributed by atoms with Crippen LogP contribution >= 0.6 is 0 Å². The summed E-state index contributed by atoms with van der Waals surface area (Å²) in [4.78, 5) is 0. The maximum atomic E-state index is 2.46. The van der Waals surface area contributed by atoms with E-state index in [0.717, 1.165) is 0 Å². The molecule has 0 saturated heterocycles. The van der Waals surface area contributed by atoms with Gasteiger partial charge < -0.3 is 0 Å². The molecule has 29 heavy (non-hydrogen) atoms. The topological polar surface area (TPSA) is 0 Å². The number of hydrogen-bond acceptors (Lipinski definition) is 0. The molecule has 0 saturated carbocycles. The molecule has 2 radical (unpaired) electrons. The molecule has 0 fully saturated rings. The van der Waals surface area contributed by atoms with Crippen molar-refractivity contribution in [3.05, 3.63) is 98.6 Å². The quantitative estimate of drug-likeness (QED) is 0.426. The summed E-state index contributed by atoms with van der Waals surface area (Å²) in [6, 6.07) is 17.8. The van der Waals surface area contributed by atoms with Crippen LogP contribution in [0.1, 0.15) is 58.7 Å². The molecule has 3 aromatic carbocycles. The molecule has 0 N–H and O–H groups in total. The van der Waals surface area contributed by atoms with Gasteiger partial charge in [0.05, 0.1) is 0 Å². The second kappa shape index (κ2) is 6.09. The minimum atomic E-state index is -0.116. The van der Waals surface area contributed by atoms with Crippen LogP contribution < -0.4 is 4.40 Å². The van der Waals surface area contributed by atoms with Gasteiger partial charge in [0.25, 0.3) is 0 Å². The van der Waals surface area contributed by atoms with Crippen LogP contribution in [-0.2, 0) is 6.42 Å². The van der Waals surface area contributed by atoms with Crippen LogP contribution in [0.5, 0.6) is 0 Å². The van der Waals surface area contributed by atoms with Crippen LogP contribution in [0.3, 0.4) is 0 Å². The molecule has 140 valence electrons. The van der Waals surface area contributed by atoms with Gasteiger partial charge in [0, 0.05) is 0 Å². The van der Waals surface area contributed by atoms with Crippen molar-refractivity contribution < 1.29 is 0 Å². The second-order valence-electron chi connectivity index (χ2n) is 8.85. The molecule has 0 bridgehead atoms. The Morgan fingerprint density at radius 1 is 0.862 bits per heavy atom. The Labute approximate surface area is 179 Å².